The minimum atomic E-state index is -0.568. The van der Waals surface area contributed by atoms with Crippen LogP contribution in [-0.2, 0) is 9.59 Å². The van der Waals surface area contributed by atoms with Crippen molar-refractivity contribution in [2.75, 3.05) is 6.54 Å². The Kier molecular flexibility index (Phi) is 4.13. The lowest BCUT2D eigenvalue weighted by molar-refractivity contribution is -0.140. The predicted octanol–water partition coefficient (Wildman–Crippen LogP) is 1.49. The Labute approximate surface area is 129 Å². The zero-order chi connectivity index (χ0) is 15.5. The Hall–Kier alpha value is -2.30. The van der Waals surface area contributed by atoms with Crippen molar-refractivity contribution in [2.24, 2.45) is 11.7 Å². The van der Waals surface area contributed by atoms with Crippen LogP contribution in [0.3, 0.4) is 0 Å². The van der Waals surface area contributed by atoms with Crippen LogP contribution in [0.5, 0.6) is 5.75 Å². The van der Waals surface area contributed by atoms with Gasteiger partial charge in [0.25, 0.3) is 0 Å². The molecule has 0 spiro atoms. The third-order valence-electron chi connectivity index (χ3n) is 4.28. The van der Waals surface area contributed by atoms with E-state index in [0.29, 0.717) is 13.0 Å². The Balaban J connectivity index is 1.69. The second kappa shape index (κ2) is 6.22. The van der Waals surface area contributed by atoms with Crippen LogP contribution in [0, 0.1) is 5.92 Å². The molecule has 22 heavy (non-hydrogen) atoms. The smallest absolute Gasteiger partial charge is 0.240 e. The summed E-state index contributed by atoms with van der Waals surface area (Å²) in [6.45, 7) is 0.415. The number of carbonyl (C=O) groups is 2. The number of benzene rings is 1. The number of para-hydroxylation sites is 1. The molecule has 5 heteroatoms. The molecule has 1 aliphatic heterocycles. The minimum absolute atomic E-state index is 0.00737. The number of amides is 2. The Morgan fingerprint density at radius 1 is 1.14 bits per heavy atom. The van der Waals surface area contributed by atoms with Gasteiger partial charge in [-0.25, -0.2) is 0 Å². The van der Waals surface area contributed by atoms with Crippen molar-refractivity contribution in [1.82, 2.24) is 4.90 Å². The van der Waals surface area contributed by atoms with E-state index in [2.05, 4.69) is 0 Å². The van der Waals surface area contributed by atoms with Crippen LogP contribution < -0.4 is 10.5 Å². The van der Waals surface area contributed by atoms with Gasteiger partial charge in [0.15, 0.2) is 0 Å². The maximum Gasteiger partial charge on any atom is 0.240 e. The molecule has 0 aromatic heterocycles. The number of carbonyl (C=O) groups excluding carboxylic acids is 2. The summed E-state index contributed by atoms with van der Waals surface area (Å²) in [6.07, 6.45) is 5.76. The lowest BCUT2D eigenvalue weighted by Crippen LogP contribution is -2.45. The molecule has 0 unspecified atom stereocenters. The fourth-order valence-corrected chi connectivity index (χ4v) is 3.14. The number of hydrogen-bond acceptors (Lipinski definition) is 3. The Morgan fingerprint density at radius 3 is 2.45 bits per heavy atom. The minimum Gasteiger partial charge on any atom is -0.488 e. The molecule has 0 bridgehead atoms. The molecular formula is C17H20N2O3. The van der Waals surface area contributed by atoms with E-state index in [1.807, 2.05) is 42.5 Å². The quantitative estimate of drug-likeness (QED) is 0.856. The van der Waals surface area contributed by atoms with Crippen LogP contribution in [0.15, 0.2) is 42.5 Å². The van der Waals surface area contributed by atoms with Gasteiger partial charge in [0.2, 0.25) is 11.8 Å². The molecule has 5 nitrogen and oxygen atoms in total. The molecule has 2 amide bonds. The van der Waals surface area contributed by atoms with Gasteiger partial charge in [-0.1, -0.05) is 30.4 Å². The molecule has 1 fully saturated rings. The second-order valence-corrected chi connectivity index (χ2v) is 5.84. The first-order valence-corrected chi connectivity index (χ1v) is 7.61. The highest BCUT2D eigenvalue weighted by molar-refractivity contribution is 5.88. The number of rotatable bonds is 4. The number of nitrogens with zero attached hydrogens (tertiary/aromatic N) is 1. The number of primary amides is 1. The summed E-state index contributed by atoms with van der Waals surface area (Å²) in [5, 5.41) is 0. The summed E-state index contributed by atoms with van der Waals surface area (Å²) < 4.78 is 5.88. The van der Waals surface area contributed by atoms with Gasteiger partial charge in [0.1, 0.15) is 17.9 Å². The molecule has 0 radical (unpaired) electrons. The zero-order valence-corrected chi connectivity index (χ0v) is 12.4. The zero-order valence-electron chi connectivity index (χ0n) is 12.4. The lowest BCUT2D eigenvalue weighted by atomic mass is 10.1. The van der Waals surface area contributed by atoms with Gasteiger partial charge in [0, 0.05) is 12.3 Å². The highest BCUT2D eigenvalue weighted by atomic mass is 16.5. The molecule has 2 aliphatic rings. The first kappa shape index (κ1) is 14.6. The molecule has 1 aromatic rings. The van der Waals surface area contributed by atoms with Gasteiger partial charge >= 0.3 is 0 Å². The number of allylic oxidation sites excluding steroid dienone is 2. The van der Waals surface area contributed by atoms with E-state index in [-0.39, 0.29) is 17.9 Å². The lowest BCUT2D eigenvalue weighted by Gasteiger charge is -2.25. The van der Waals surface area contributed by atoms with Gasteiger partial charge in [0.05, 0.1) is 6.54 Å². The molecule has 3 rings (SSSR count). The molecular weight excluding hydrogens is 280 g/mol. The van der Waals surface area contributed by atoms with Crippen molar-refractivity contribution >= 4 is 11.8 Å². The number of likely N-dealkylation sites (tertiary alicyclic amines) is 1. The largest absolute Gasteiger partial charge is 0.488 e. The van der Waals surface area contributed by atoms with E-state index in [0.717, 1.165) is 18.6 Å². The van der Waals surface area contributed by atoms with Crippen molar-refractivity contribution in [3.8, 4) is 5.75 Å². The summed E-state index contributed by atoms with van der Waals surface area (Å²) in [5.41, 5.74) is 5.48. The molecule has 116 valence electrons. The summed E-state index contributed by atoms with van der Waals surface area (Å²) in [4.78, 5) is 25.9. The second-order valence-electron chi connectivity index (χ2n) is 5.84. The van der Waals surface area contributed by atoms with E-state index in [4.69, 9.17) is 10.5 Å². The van der Waals surface area contributed by atoms with Crippen molar-refractivity contribution in [3.63, 3.8) is 0 Å². The number of ether oxygens (including phenoxy) is 1. The Morgan fingerprint density at radius 2 is 1.82 bits per heavy atom. The summed E-state index contributed by atoms with van der Waals surface area (Å²) in [5.74, 6) is 0.233. The van der Waals surface area contributed by atoms with E-state index in [9.17, 15) is 9.59 Å². The average molecular weight is 300 g/mol. The summed E-state index contributed by atoms with van der Waals surface area (Å²) >= 11 is 0. The van der Waals surface area contributed by atoms with E-state index in [1.54, 1.807) is 4.90 Å². The van der Waals surface area contributed by atoms with Gasteiger partial charge in [-0.05, 0) is 25.0 Å². The third-order valence-corrected chi connectivity index (χ3v) is 4.28. The highest BCUT2D eigenvalue weighted by Gasteiger charge is 2.41. The van der Waals surface area contributed by atoms with Crippen molar-refractivity contribution in [1.29, 1.82) is 0 Å². The number of hydrogen-bond donors (Lipinski definition) is 1. The molecule has 1 saturated heterocycles. The van der Waals surface area contributed by atoms with E-state index in [1.165, 1.54) is 0 Å². The predicted molar refractivity (Wildman–Crippen MR) is 82.0 cm³/mol. The molecule has 1 aliphatic carbocycles. The molecule has 1 aromatic carbocycles. The highest BCUT2D eigenvalue weighted by Crippen LogP contribution is 2.28. The SMILES string of the molecule is NC(=O)[C@@H]1C[C@H](Oc2ccccc2)CN1C(=O)C1CC=CC1. The van der Waals surface area contributed by atoms with Crippen LogP contribution in [0.4, 0.5) is 0 Å². The molecule has 0 saturated carbocycles. The van der Waals surface area contributed by atoms with Gasteiger partial charge < -0.3 is 15.4 Å². The van der Waals surface area contributed by atoms with Crippen LogP contribution in [0.2, 0.25) is 0 Å². The van der Waals surface area contributed by atoms with Crippen molar-refractivity contribution < 1.29 is 14.3 Å². The number of nitrogens with two attached hydrogens (primary N) is 1. The first-order valence-electron chi connectivity index (χ1n) is 7.61. The third kappa shape index (κ3) is 2.98. The standard InChI is InChI=1S/C17H20N2O3/c18-16(20)15-10-14(22-13-8-2-1-3-9-13)11-19(15)17(21)12-6-4-5-7-12/h1-5,8-9,12,14-15H,6-7,10-11H2,(H2,18,20)/t14-,15-/m0/s1. The monoisotopic (exact) mass is 300 g/mol. The summed E-state index contributed by atoms with van der Waals surface area (Å²) in [7, 11) is 0. The van der Waals surface area contributed by atoms with Crippen molar-refractivity contribution in [2.45, 2.75) is 31.4 Å². The van der Waals surface area contributed by atoms with Crippen LogP contribution in [-0.4, -0.2) is 35.4 Å². The maximum atomic E-state index is 12.6. The molecule has 2 atom stereocenters. The summed E-state index contributed by atoms with van der Waals surface area (Å²) in [6, 6.07) is 8.86. The average Bonchev–Trinajstić information content (AvgIpc) is 3.17. The molecule has 2 N–H and O–H groups in total. The molecule has 1 heterocycles. The van der Waals surface area contributed by atoms with Crippen LogP contribution in [0.1, 0.15) is 19.3 Å². The topological polar surface area (TPSA) is 72.6 Å². The first-order chi connectivity index (χ1) is 10.6. The van der Waals surface area contributed by atoms with Crippen LogP contribution >= 0.6 is 0 Å². The van der Waals surface area contributed by atoms with Crippen molar-refractivity contribution in [3.05, 3.63) is 42.5 Å². The van der Waals surface area contributed by atoms with E-state index >= 15 is 0 Å². The maximum absolute atomic E-state index is 12.6. The van der Waals surface area contributed by atoms with Gasteiger partial charge in [-0.2, -0.15) is 0 Å². The van der Waals surface area contributed by atoms with Gasteiger partial charge in [-0.3, -0.25) is 9.59 Å². The fourth-order valence-electron chi connectivity index (χ4n) is 3.14. The van der Waals surface area contributed by atoms with E-state index < -0.39 is 11.9 Å². The van der Waals surface area contributed by atoms with Gasteiger partial charge in [-0.15, -0.1) is 0 Å². The van der Waals surface area contributed by atoms with Crippen LogP contribution in [0.25, 0.3) is 0 Å². The Bertz CT molecular complexity index is 577. The fraction of sp³-hybridized carbons (Fsp3) is 0.412. The normalized spacial score (nSPS) is 24.6.